The van der Waals surface area contributed by atoms with Crippen molar-refractivity contribution in [2.24, 2.45) is 14.1 Å². The normalized spacial score (nSPS) is 19.9. The van der Waals surface area contributed by atoms with Gasteiger partial charge in [-0.15, -0.1) is 0 Å². The van der Waals surface area contributed by atoms with Crippen LogP contribution in [0.4, 0.5) is 10.5 Å². The second-order valence-corrected chi connectivity index (χ2v) is 9.43. The van der Waals surface area contributed by atoms with Gasteiger partial charge in [0.05, 0.1) is 29.4 Å². The van der Waals surface area contributed by atoms with Crippen molar-refractivity contribution in [3.63, 3.8) is 0 Å². The van der Waals surface area contributed by atoms with E-state index in [9.17, 15) is 19.5 Å². The molecule has 1 N–H and O–H groups in total. The third kappa shape index (κ3) is 3.70. The van der Waals surface area contributed by atoms with Crippen LogP contribution in [0.3, 0.4) is 0 Å². The highest BCUT2D eigenvalue weighted by molar-refractivity contribution is 6.31. The molecule has 188 valence electrons. The van der Waals surface area contributed by atoms with E-state index >= 15 is 0 Å². The molecule has 1 aliphatic carbocycles. The summed E-state index contributed by atoms with van der Waals surface area (Å²) in [6.07, 6.45) is 1.98. The van der Waals surface area contributed by atoms with E-state index in [4.69, 9.17) is 16.3 Å². The van der Waals surface area contributed by atoms with E-state index in [1.807, 2.05) is 18.2 Å². The maximum Gasteiger partial charge on any atom is 0.340 e. The van der Waals surface area contributed by atoms with Crippen LogP contribution in [-0.4, -0.2) is 44.0 Å². The second-order valence-electron chi connectivity index (χ2n) is 9.03. The van der Waals surface area contributed by atoms with Gasteiger partial charge in [-0.2, -0.15) is 0 Å². The van der Waals surface area contributed by atoms with E-state index in [-0.39, 0.29) is 17.9 Å². The molecule has 5 rings (SSSR count). The number of anilines is 1. The number of fused-ring (bicyclic) bond motifs is 2. The smallest absolute Gasteiger partial charge is 0.340 e. The highest BCUT2D eigenvalue weighted by Crippen LogP contribution is 2.41. The molecule has 2 aliphatic rings. The first-order valence-electron chi connectivity index (χ1n) is 11.9. The number of ether oxygens (including phenoxy) is 1. The average Bonchev–Trinajstić information content (AvgIpc) is 3.08. The predicted octanol–water partition coefficient (Wildman–Crippen LogP) is 3.62. The van der Waals surface area contributed by atoms with Crippen molar-refractivity contribution in [3.05, 3.63) is 74.8 Å². The molecule has 0 radical (unpaired) electrons. The molecule has 9 nitrogen and oxygen atoms in total. The minimum atomic E-state index is -1.49. The lowest BCUT2D eigenvalue weighted by atomic mass is 9.86. The number of amides is 2. The Morgan fingerprint density at radius 2 is 1.89 bits per heavy atom. The van der Waals surface area contributed by atoms with Crippen LogP contribution in [0.1, 0.15) is 36.9 Å². The second kappa shape index (κ2) is 9.15. The van der Waals surface area contributed by atoms with Crippen LogP contribution in [0, 0.1) is 0 Å². The fourth-order valence-electron chi connectivity index (χ4n) is 5.21. The van der Waals surface area contributed by atoms with Crippen LogP contribution in [-0.2, 0) is 30.0 Å². The molecule has 36 heavy (non-hydrogen) atoms. The van der Waals surface area contributed by atoms with Gasteiger partial charge in [-0.1, -0.05) is 23.7 Å². The van der Waals surface area contributed by atoms with E-state index in [2.05, 4.69) is 0 Å². The molecule has 2 heterocycles. The van der Waals surface area contributed by atoms with Crippen LogP contribution < -0.4 is 10.6 Å². The number of benzene rings is 2. The number of esters is 1. The fraction of sp³-hybridized carbons (Fsp3) is 0.346. The largest absolute Gasteiger partial charge is 0.462 e. The van der Waals surface area contributed by atoms with Gasteiger partial charge >= 0.3 is 17.7 Å². The maximum absolute atomic E-state index is 13.9. The number of halogens is 1. The summed E-state index contributed by atoms with van der Waals surface area (Å²) in [5.41, 5.74) is 3.34. The number of imidazole rings is 1. The summed E-state index contributed by atoms with van der Waals surface area (Å²) in [7, 11) is 3.34. The maximum atomic E-state index is 13.9. The zero-order valence-corrected chi connectivity index (χ0v) is 21.0. The number of hydrogen-bond acceptors (Lipinski definition) is 5. The molecule has 0 saturated heterocycles. The summed E-state index contributed by atoms with van der Waals surface area (Å²) < 4.78 is 8.22. The van der Waals surface area contributed by atoms with Crippen LogP contribution in [0.5, 0.6) is 0 Å². The molecule has 0 saturated carbocycles. The van der Waals surface area contributed by atoms with E-state index in [0.29, 0.717) is 28.2 Å². The standard InChI is InChI=1S/C26H27ClN4O5/c1-4-36-24(33)18-14-30(15-11-12-21-22(13-15)29(3)25(34)28(21)2)26(35)31(23(18)32)20-10-6-7-16-17(20)8-5-9-19(16)27/h5,8-9,11-14,20,23,32H,4,6-7,10H2,1-3H3. The first-order chi connectivity index (χ1) is 17.2. The van der Waals surface area contributed by atoms with Gasteiger partial charge in [0.2, 0.25) is 0 Å². The summed E-state index contributed by atoms with van der Waals surface area (Å²) in [4.78, 5) is 41.9. The Balaban J connectivity index is 1.65. The van der Waals surface area contributed by atoms with Gasteiger partial charge in [0.25, 0.3) is 0 Å². The number of carbonyl (C=O) groups is 2. The number of aliphatic hydroxyl groups is 1. The third-order valence-electron chi connectivity index (χ3n) is 7.04. The van der Waals surface area contributed by atoms with E-state index in [0.717, 1.165) is 24.0 Å². The van der Waals surface area contributed by atoms with Gasteiger partial charge < -0.3 is 9.84 Å². The first kappa shape index (κ1) is 24.1. The number of rotatable bonds is 4. The number of aryl methyl sites for hydroxylation is 2. The molecule has 2 unspecified atom stereocenters. The molecule has 3 aromatic rings. The van der Waals surface area contributed by atoms with Crippen molar-refractivity contribution in [1.82, 2.24) is 14.0 Å². The molecule has 10 heteroatoms. The highest BCUT2D eigenvalue weighted by Gasteiger charge is 2.43. The van der Waals surface area contributed by atoms with Crippen LogP contribution in [0.2, 0.25) is 5.02 Å². The van der Waals surface area contributed by atoms with Gasteiger partial charge in [-0.25, -0.2) is 14.4 Å². The Bertz CT molecular complexity index is 1470. The minimum Gasteiger partial charge on any atom is -0.462 e. The first-order valence-corrected chi connectivity index (χ1v) is 12.2. The lowest BCUT2D eigenvalue weighted by Crippen LogP contribution is -2.54. The molecular formula is C26H27ClN4O5. The quantitative estimate of drug-likeness (QED) is 0.541. The SMILES string of the molecule is CCOC(=O)C1=CN(c2ccc3c(c2)n(C)c(=O)n3C)C(=O)N(C2CCCc3c(Cl)cccc32)C1O. The molecule has 0 bridgehead atoms. The zero-order valence-electron chi connectivity index (χ0n) is 20.3. The molecule has 2 aromatic carbocycles. The van der Waals surface area contributed by atoms with E-state index in [1.54, 1.807) is 39.2 Å². The summed E-state index contributed by atoms with van der Waals surface area (Å²) in [5.74, 6) is -0.706. The molecule has 2 amide bonds. The lowest BCUT2D eigenvalue weighted by Gasteiger charge is -2.43. The Morgan fingerprint density at radius 1 is 1.14 bits per heavy atom. The van der Waals surface area contributed by atoms with Gasteiger partial charge in [0.1, 0.15) is 5.57 Å². The van der Waals surface area contributed by atoms with Gasteiger partial charge in [-0.3, -0.25) is 18.9 Å². The Labute approximate surface area is 212 Å². The topological polar surface area (TPSA) is 97.0 Å². The van der Waals surface area contributed by atoms with Crippen LogP contribution in [0.25, 0.3) is 11.0 Å². The van der Waals surface area contributed by atoms with Gasteiger partial charge in [0.15, 0.2) is 6.23 Å². The average molecular weight is 511 g/mol. The number of urea groups is 1. The molecule has 1 aromatic heterocycles. The van der Waals surface area contributed by atoms with Gasteiger partial charge in [0, 0.05) is 25.3 Å². The van der Waals surface area contributed by atoms with Crippen LogP contribution in [0.15, 0.2) is 53.0 Å². The molecule has 2 atom stereocenters. The van der Waals surface area contributed by atoms with Crippen molar-refractivity contribution < 1.29 is 19.4 Å². The van der Waals surface area contributed by atoms with Crippen molar-refractivity contribution >= 4 is 40.3 Å². The summed E-state index contributed by atoms with van der Waals surface area (Å²) in [6, 6.07) is 9.74. The monoisotopic (exact) mass is 510 g/mol. The van der Waals surface area contributed by atoms with Gasteiger partial charge in [-0.05, 0) is 61.6 Å². The molecule has 1 aliphatic heterocycles. The zero-order chi connectivity index (χ0) is 25.7. The summed E-state index contributed by atoms with van der Waals surface area (Å²) in [6.45, 7) is 1.80. The van der Waals surface area contributed by atoms with Crippen molar-refractivity contribution in [2.75, 3.05) is 11.5 Å². The third-order valence-corrected chi connectivity index (χ3v) is 7.39. The summed E-state index contributed by atoms with van der Waals surface area (Å²) in [5, 5.41) is 11.9. The van der Waals surface area contributed by atoms with E-state index in [1.165, 1.54) is 25.1 Å². The van der Waals surface area contributed by atoms with Crippen LogP contribution >= 0.6 is 11.6 Å². The molecule has 0 spiro atoms. The number of carbonyl (C=O) groups excluding carboxylic acids is 2. The summed E-state index contributed by atoms with van der Waals surface area (Å²) >= 11 is 6.46. The number of nitrogens with zero attached hydrogens (tertiary/aromatic N) is 4. The fourth-order valence-corrected chi connectivity index (χ4v) is 5.49. The Hall–Kier alpha value is -3.56. The molecule has 0 fully saturated rings. The highest BCUT2D eigenvalue weighted by atomic mass is 35.5. The number of aliphatic hydroxyl groups excluding tert-OH is 1. The Morgan fingerprint density at radius 3 is 2.64 bits per heavy atom. The lowest BCUT2D eigenvalue weighted by molar-refractivity contribution is -0.141. The predicted molar refractivity (Wildman–Crippen MR) is 136 cm³/mol. The van der Waals surface area contributed by atoms with Crippen molar-refractivity contribution in [1.29, 1.82) is 0 Å². The molecular weight excluding hydrogens is 484 g/mol. The number of hydrogen-bond donors (Lipinski definition) is 1. The van der Waals surface area contributed by atoms with Crippen molar-refractivity contribution in [2.45, 2.75) is 38.5 Å². The number of aromatic nitrogens is 2. The van der Waals surface area contributed by atoms with E-state index < -0.39 is 24.3 Å². The van der Waals surface area contributed by atoms with Crippen molar-refractivity contribution in [3.8, 4) is 0 Å². The minimum absolute atomic E-state index is 0.0485. The Kier molecular flexibility index (Phi) is 6.13.